The number of hydrogen-bond donors (Lipinski definition) is 2. The highest BCUT2D eigenvalue weighted by Crippen LogP contribution is 2.32. The predicted octanol–water partition coefficient (Wildman–Crippen LogP) is 3.28. The number of amides is 2. The first-order chi connectivity index (χ1) is 14.1. The Kier molecular flexibility index (Phi) is 5.62. The Morgan fingerprint density at radius 2 is 1.90 bits per heavy atom. The van der Waals surface area contributed by atoms with E-state index < -0.39 is 0 Å². The molecule has 2 aromatic carbocycles. The highest BCUT2D eigenvalue weighted by atomic mass is 32.2. The van der Waals surface area contributed by atoms with Crippen LogP contribution in [-0.2, 0) is 16.1 Å². The minimum absolute atomic E-state index is 0.213. The SMILES string of the molecule is CC1=C(C(=O)Nc2cccc(C(=O)NCc3ccc4c(c3)OCO4)c2)SCCO1. The topological polar surface area (TPSA) is 85.9 Å². The number of benzene rings is 2. The van der Waals surface area contributed by atoms with Crippen molar-refractivity contribution in [3.8, 4) is 11.5 Å². The molecule has 2 amide bonds. The highest BCUT2D eigenvalue weighted by Gasteiger charge is 2.19. The van der Waals surface area contributed by atoms with Gasteiger partial charge in [0, 0.05) is 23.5 Å². The van der Waals surface area contributed by atoms with Gasteiger partial charge in [-0.05, 0) is 42.8 Å². The first-order valence-corrected chi connectivity index (χ1v) is 10.1. The second-order valence-electron chi connectivity index (χ2n) is 6.49. The van der Waals surface area contributed by atoms with Crippen molar-refractivity contribution in [1.82, 2.24) is 5.32 Å². The number of nitrogens with one attached hydrogen (secondary N) is 2. The van der Waals surface area contributed by atoms with Crippen molar-refractivity contribution in [2.24, 2.45) is 0 Å². The number of fused-ring (bicyclic) bond motifs is 1. The summed E-state index contributed by atoms with van der Waals surface area (Å²) >= 11 is 1.47. The van der Waals surface area contributed by atoms with Crippen LogP contribution in [0.15, 0.2) is 53.1 Å². The third kappa shape index (κ3) is 4.48. The quantitative estimate of drug-likeness (QED) is 0.784. The smallest absolute Gasteiger partial charge is 0.265 e. The first kappa shape index (κ1) is 19.2. The highest BCUT2D eigenvalue weighted by molar-refractivity contribution is 8.04. The molecule has 0 spiro atoms. The molecule has 0 atom stereocenters. The van der Waals surface area contributed by atoms with E-state index in [1.54, 1.807) is 31.2 Å². The van der Waals surface area contributed by atoms with Gasteiger partial charge in [-0.3, -0.25) is 9.59 Å². The summed E-state index contributed by atoms with van der Waals surface area (Å²) in [6.45, 7) is 2.95. The summed E-state index contributed by atoms with van der Waals surface area (Å²) in [6, 6.07) is 12.4. The molecule has 2 heterocycles. The van der Waals surface area contributed by atoms with Gasteiger partial charge in [0.1, 0.15) is 10.7 Å². The number of thioether (sulfide) groups is 1. The molecule has 29 heavy (non-hydrogen) atoms. The van der Waals surface area contributed by atoms with E-state index in [-0.39, 0.29) is 18.6 Å². The van der Waals surface area contributed by atoms with Gasteiger partial charge in [-0.25, -0.2) is 0 Å². The maximum absolute atomic E-state index is 12.5. The lowest BCUT2D eigenvalue weighted by Crippen LogP contribution is -2.23. The third-order valence-corrected chi connectivity index (χ3v) is 5.58. The van der Waals surface area contributed by atoms with Gasteiger partial charge in [0.2, 0.25) is 6.79 Å². The molecule has 2 aliphatic heterocycles. The summed E-state index contributed by atoms with van der Waals surface area (Å²) in [7, 11) is 0. The molecule has 0 aromatic heterocycles. The molecule has 0 bridgehead atoms. The van der Waals surface area contributed by atoms with Gasteiger partial charge in [-0.1, -0.05) is 12.1 Å². The summed E-state index contributed by atoms with van der Waals surface area (Å²) in [4.78, 5) is 25.6. The van der Waals surface area contributed by atoms with E-state index in [2.05, 4.69) is 10.6 Å². The van der Waals surface area contributed by atoms with Gasteiger partial charge in [-0.2, -0.15) is 0 Å². The van der Waals surface area contributed by atoms with Gasteiger partial charge in [0.25, 0.3) is 11.8 Å². The van der Waals surface area contributed by atoms with Crippen LogP contribution in [0.5, 0.6) is 11.5 Å². The van der Waals surface area contributed by atoms with Crippen LogP contribution >= 0.6 is 11.8 Å². The molecule has 0 aliphatic carbocycles. The molecular weight excluding hydrogens is 392 g/mol. The molecule has 0 unspecified atom stereocenters. The fraction of sp³-hybridized carbons (Fsp3) is 0.238. The average molecular weight is 412 g/mol. The van der Waals surface area contributed by atoms with Gasteiger partial charge in [0.15, 0.2) is 11.5 Å². The predicted molar refractivity (Wildman–Crippen MR) is 110 cm³/mol. The molecule has 0 saturated carbocycles. The van der Waals surface area contributed by atoms with Gasteiger partial charge < -0.3 is 24.8 Å². The number of hydrogen-bond acceptors (Lipinski definition) is 6. The fourth-order valence-corrected chi connectivity index (χ4v) is 3.81. The maximum atomic E-state index is 12.5. The molecule has 0 saturated heterocycles. The Morgan fingerprint density at radius 1 is 1.03 bits per heavy atom. The van der Waals surface area contributed by atoms with Crippen LogP contribution in [0.25, 0.3) is 0 Å². The number of allylic oxidation sites excluding steroid dienone is 1. The molecule has 2 aliphatic rings. The van der Waals surface area contributed by atoms with Crippen molar-refractivity contribution in [2.75, 3.05) is 24.5 Å². The first-order valence-electron chi connectivity index (χ1n) is 9.15. The Labute approximate surface area is 172 Å². The fourth-order valence-electron chi connectivity index (χ4n) is 2.99. The molecule has 4 rings (SSSR count). The largest absolute Gasteiger partial charge is 0.496 e. The summed E-state index contributed by atoms with van der Waals surface area (Å²) in [5.74, 6) is 2.28. The van der Waals surface area contributed by atoms with E-state index in [1.807, 2.05) is 18.2 Å². The van der Waals surface area contributed by atoms with Crippen LogP contribution in [0.4, 0.5) is 5.69 Å². The minimum Gasteiger partial charge on any atom is -0.496 e. The molecule has 7 nitrogen and oxygen atoms in total. The standard InChI is InChI=1S/C21H20N2O5S/c1-13-19(29-8-7-26-13)21(25)23-16-4-2-3-15(10-16)20(24)22-11-14-5-6-17-18(9-14)28-12-27-17/h2-6,9-10H,7-8,11-12H2,1H3,(H,22,24)(H,23,25). The zero-order chi connectivity index (χ0) is 20.2. The number of anilines is 1. The summed E-state index contributed by atoms with van der Waals surface area (Å²) in [6.07, 6.45) is 0. The number of rotatable bonds is 5. The minimum atomic E-state index is -0.232. The van der Waals surface area contributed by atoms with E-state index in [4.69, 9.17) is 14.2 Å². The second kappa shape index (κ2) is 8.48. The van der Waals surface area contributed by atoms with E-state index in [0.717, 1.165) is 11.3 Å². The number of carbonyl (C=O) groups excluding carboxylic acids is 2. The maximum Gasteiger partial charge on any atom is 0.265 e. The monoisotopic (exact) mass is 412 g/mol. The lowest BCUT2D eigenvalue weighted by molar-refractivity contribution is -0.112. The van der Waals surface area contributed by atoms with Gasteiger partial charge in [0.05, 0.1) is 6.61 Å². The van der Waals surface area contributed by atoms with Crippen molar-refractivity contribution in [1.29, 1.82) is 0 Å². The van der Waals surface area contributed by atoms with Gasteiger partial charge >= 0.3 is 0 Å². The van der Waals surface area contributed by atoms with E-state index in [9.17, 15) is 9.59 Å². The van der Waals surface area contributed by atoms with E-state index in [1.165, 1.54) is 11.8 Å². The summed E-state index contributed by atoms with van der Waals surface area (Å²) in [5.41, 5.74) is 1.92. The number of carbonyl (C=O) groups is 2. The molecule has 8 heteroatoms. The normalized spacial score (nSPS) is 14.9. The molecule has 0 fully saturated rings. The number of ether oxygens (including phenoxy) is 3. The molecule has 0 radical (unpaired) electrons. The summed E-state index contributed by atoms with van der Waals surface area (Å²) in [5, 5.41) is 5.71. The third-order valence-electron chi connectivity index (χ3n) is 4.45. The van der Waals surface area contributed by atoms with Crippen molar-refractivity contribution in [3.05, 3.63) is 64.3 Å². The van der Waals surface area contributed by atoms with E-state index >= 15 is 0 Å². The van der Waals surface area contributed by atoms with Crippen molar-refractivity contribution >= 4 is 29.3 Å². The van der Waals surface area contributed by atoms with Gasteiger partial charge in [-0.15, -0.1) is 11.8 Å². The van der Waals surface area contributed by atoms with Crippen molar-refractivity contribution in [3.63, 3.8) is 0 Å². The van der Waals surface area contributed by atoms with Crippen LogP contribution in [0.3, 0.4) is 0 Å². The lowest BCUT2D eigenvalue weighted by Gasteiger charge is -2.18. The summed E-state index contributed by atoms with van der Waals surface area (Å²) < 4.78 is 16.1. The van der Waals surface area contributed by atoms with Crippen LogP contribution in [0.2, 0.25) is 0 Å². The Bertz CT molecular complexity index is 989. The molecule has 2 aromatic rings. The molecule has 150 valence electrons. The van der Waals surface area contributed by atoms with Crippen LogP contribution in [-0.4, -0.2) is 31.0 Å². The van der Waals surface area contributed by atoms with E-state index in [0.29, 0.717) is 46.6 Å². The Hall–Kier alpha value is -3.13. The second-order valence-corrected chi connectivity index (χ2v) is 7.59. The average Bonchev–Trinajstić information content (AvgIpc) is 3.20. The van der Waals surface area contributed by atoms with Crippen LogP contribution in [0, 0.1) is 0 Å². The van der Waals surface area contributed by atoms with Crippen LogP contribution < -0.4 is 20.1 Å². The lowest BCUT2D eigenvalue weighted by atomic mass is 10.1. The molecular formula is C21H20N2O5S. The van der Waals surface area contributed by atoms with Crippen molar-refractivity contribution in [2.45, 2.75) is 13.5 Å². The Morgan fingerprint density at radius 3 is 2.76 bits per heavy atom. The zero-order valence-electron chi connectivity index (χ0n) is 15.8. The Balaban J connectivity index is 1.39. The van der Waals surface area contributed by atoms with Crippen molar-refractivity contribution < 1.29 is 23.8 Å². The molecule has 2 N–H and O–H groups in total. The zero-order valence-corrected chi connectivity index (χ0v) is 16.6. The van der Waals surface area contributed by atoms with Crippen LogP contribution in [0.1, 0.15) is 22.8 Å².